The average Bonchev–Trinajstić information content (AvgIpc) is 2.93. The SMILES string of the molecule is CC(=O)N1CC(c2cn(C3CCC(C(C)C)(C(C)(C)C)CC3)nn2)C1. The van der Waals surface area contributed by atoms with Crippen LogP contribution < -0.4 is 0 Å². The summed E-state index contributed by atoms with van der Waals surface area (Å²) in [4.78, 5) is 13.2. The summed E-state index contributed by atoms with van der Waals surface area (Å²) in [6, 6.07) is 0.472. The number of aromatic nitrogens is 3. The van der Waals surface area contributed by atoms with E-state index >= 15 is 0 Å². The van der Waals surface area contributed by atoms with Crippen molar-refractivity contribution in [3.05, 3.63) is 11.9 Å². The number of rotatable bonds is 3. The van der Waals surface area contributed by atoms with Crippen molar-refractivity contribution >= 4 is 5.91 Å². The van der Waals surface area contributed by atoms with E-state index in [1.807, 2.05) is 4.90 Å². The number of carbonyl (C=O) groups excluding carboxylic acids is 1. The standard InChI is InChI=1S/C20H34N4O/c1-14(2)20(19(4,5)6)9-7-17(8-10-20)24-13-18(21-22-24)16-11-23(12-16)15(3)25/h13-14,16-17H,7-12H2,1-6H3. The Kier molecular flexibility index (Phi) is 4.71. The quantitative estimate of drug-likeness (QED) is 0.830. The van der Waals surface area contributed by atoms with Gasteiger partial charge in [0.15, 0.2) is 0 Å². The molecule has 0 N–H and O–H groups in total. The van der Waals surface area contributed by atoms with Crippen molar-refractivity contribution in [3.8, 4) is 0 Å². The van der Waals surface area contributed by atoms with Crippen molar-refractivity contribution < 1.29 is 4.79 Å². The topological polar surface area (TPSA) is 51.0 Å². The molecule has 0 atom stereocenters. The normalized spacial score (nSPS) is 28.3. The minimum Gasteiger partial charge on any atom is -0.341 e. The molecule has 3 rings (SSSR count). The van der Waals surface area contributed by atoms with Crippen LogP contribution in [-0.2, 0) is 4.79 Å². The zero-order chi connectivity index (χ0) is 18.4. The summed E-state index contributed by atoms with van der Waals surface area (Å²) in [5, 5.41) is 8.83. The lowest BCUT2D eigenvalue weighted by atomic mass is 9.54. The summed E-state index contributed by atoms with van der Waals surface area (Å²) in [7, 11) is 0. The zero-order valence-corrected chi connectivity index (χ0v) is 16.7. The van der Waals surface area contributed by atoms with Gasteiger partial charge in [-0.1, -0.05) is 39.8 Å². The third-order valence-electron chi connectivity index (χ3n) is 7.09. The fraction of sp³-hybridized carbons (Fsp3) is 0.850. The van der Waals surface area contributed by atoms with Gasteiger partial charge in [-0.15, -0.1) is 5.10 Å². The second-order valence-corrected chi connectivity index (χ2v) is 9.54. The number of likely N-dealkylation sites (tertiary alicyclic amines) is 1. The molecule has 1 saturated heterocycles. The molecular formula is C20H34N4O. The first kappa shape index (κ1) is 18.4. The molecule has 1 aromatic heterocycles. The Labute approximate surface area is 152 Å². The van der Waals surface area contributed by atoms with Gasteiger partial charge >= 0.3 is 0 Å². The highest BCUT2D eigenvalue weighted by Gasteiger charge is 2.46. The number of carbonyl (C=O) groups is 1. The summed E-state index contributed by atoms with van der Waals surface area (Å²) >= 11 is 0. The Bertz CT molecular complexity index is 614. The van der Waals surface area contributed by atoms with Crippen molar-refractivity contribution in [1.82, 2.24) is 19.9 Å². The molecule has 0 aromatic carbocycles. The highest BCUT2D eigenvalue weighted by Crippen LogP contribution is 2.55. The first-order valence-electron chi connectivity index (χ1n) is 9.81. The predicted molar refractivity (Wildman–Crippen MR) is 99.2 cm³/mol. The van der Waals surface area contributed by atoms with Crippen molar-refractivity contribution in [1.29, 1.82) is 0 Å². The second-order valence-electron chi connectivity index (χ2n) is 9.54. The Morgan fingerprint density at radius 1 is 1.24 bits per heavy atom. The van der Waals surface area contributed by atoms with E-state index in [2.05, 4.69) is 55.8 Å². The molecule has 0 bridgehead atoms. The maximum absolute atomic E-state index is 11.3. The van der Waals surface area contributed by atoms with E-state index in [0.29, 0.717) is 28.7 Å². The first-order valence-corrected chi connectivity index (χ1v) is 9.81. The Morgan fingerprint density at radius 2 is 1.84 bits per heavy atom. The molecule has 0 spiro atoms. The van der Waals surface area contributed by atoms with Crippen molar-refractivity contribution in [3.63, 3.8) is 0 Å². The maximum Gasteiger partial charge on any atom is 0.219 e. The molecular weight excluding hydrogens is 312 g/mol. The van der Waals surface area contributed by atoms with Crippen molar-refractivity contribution in [2.24, 2.45) is 16.7 Å². The van der Waals surface area contributed by atoms with Crippen LogP contribution in [0.25, 0.3) is 0 Å². The van der Waals surface area contributed by atoms with Gasteiger partial charge in [-0.25, -0.2) is 4.68 Å². The Balaban J connectivity index is 1.63. The van der Waals surface area contributed by atoms with E-state index in [-0.39, 0.29) is 5.91 Å². The largest absolute Gasteiger partial charge is 0.341 e. The van der Waals surface area contributed by atoms with Gasteiger partial charge in [0.1, 0.15) is 0 Å². The molecule has 140 valence electrons. The van der Waals surface area contributed by atoms with E-state index < -0.39 is 0 Å². The summed E-state index contributed by atoms with van der Waals surface area (Å²) in [6.45, 7) is 15.2. The van der Waals surface area contributed by atoms with Crippen LogP contribution >= 0.6 is 0 Å². The minimum atomic E-state index is 0.156. The number of amides is 1. The average molecular weight is 347 g/mol. The molecule has 1 aromatic rings. The Hall–Kier alpha value is -1.39. The first-order chi connectivity index (χ1) is 11.6. The molecule has 1 saturated carbocycles. The molecule has 2 aliphatic rings. The van der Waals surface area contributed by atoms with Gasteiger partial charge < -0.3 is 4.90 Å². The maximum atomic E-state index is 11.3. The molecule has 5 nitrogen and oxygen atoms in total. The van der Waals surface area contributed by atoms with Gasteiger partial charge in [0.2, 0.25) is 5.91 Å². The van der Waals surface area contributed by atoms with Crippen LogP contribution in [-0.4, -0.2) is 38.9 Å². The van der Waals surface area contributed by atoms with Crippen LogP contribution in [0.15, 0.2) is 6.20 Å². The van der Waals surface area contributed by atoms with Crippen molar-refractivity contribution in [2.75, 3.05) is 13.1 Å². The lowest BCUT2D eigenvalue weighted by Crippen LogP contribution is -2.47. The van der Waals surface area contributed by atoms with Gasteiger partial charge in [0, 0.05) is 32.1 Å². The van der Waals surface area contributed by atoms with Crippen molar-refractivity contribution in [2.45, 2.75) is 79.2 Å². The van der Waals surface area contributed by atoms with Gasteiger partial charge in [-0.3, -0.25) is 4.79 Å². The van der Waals surface area contributed by atoms with E-state index in [1.165, 1.54) is 25.7 Å². The molecule has 0 radical (unpaired) electrons. The highest BCUT2D eigenvalue weighted by molar-refractivity contribution is 5.74. The molecule has 2 heterocycles. The van der Waals surface area contributed by atoms with Crippen LogP contribution in [0.2, 0.25) is 0 Å². The third kappa shape index (κ3) is 3.22. The highest BCUT2D eigenvalue weighted by atomic mass is 16.2. The molecule has 1 aliphatic heterocycles. The molecule has 1 amide bonds. The summed E-state index contributed by atoms with van der Waals surface area (Å²) in [6.07, 6.45) is 7.02. The van der Waals surface area contributed by atoms with E-state index in [1.54, 1.807) is 6.92 Å². The summed E-state index contributed by atoms with van der Waals surface area (Å²) in [5.41, 5.74) is 1.80. The van der Waals surface area contributed by atoms with E-state index in [4.69, 9.17) is 0 Å². The Morgan fingerprint density at radius 3 is 2.32 bits per heavy atom. The number of hydrogen-bond donors (Lipinski definition) is 0. The second kappa shape index (κ2) is 6.40. The molecule has 2 fully saturated rings. The van der Waals surface area contributed by atoms with Crippen LogP contribution in [0.4, 0.5) is 0 Å². The number of hydrogen-bond acceptors (Lipinski definition) is 3. The van der Waals surface area contributed by atoms with Crippen LogP contribution in [0, 0.1) is 16.7 Å². The van der Waals surface area contributed by atoms with Crippen LogP contribution in [0.5, 0.6) is 0 Å². The zero-order valence-electron chi connectivity index (χ0n) is 16.7. The molecule has 1 aliphatic carbocycles. The fourth-order valence-corrected chi connectivity index (χ4v) is 5.15. The lowest BCUT2D eigenvalue weighted by molar-refractivity contribution is -0.133. The summed E-state index contributed by atoms with van der Waals surface area (Å²) in [5.74, 6) is 1.22. The lowest BCUT2D eigenvalue weighted by Gasteiger charge is -2.52. The van der Waals surface area contributed by atoms with Crippen LogP contribution in [0.3, 0.4) is 0 Å². The smallest absolute Gasteiger partial charge is 0.219 e. The third-order valence-corrected chi connectivity index (χ3v) is 7.09. The van der Waals surface area contributed by atoms with Crippen LogP contribution in [0.1, 0.15) is 84.9 Å². The summed E-state index contributed by atoms with van der Waals surface area (Å²) < 4.78 is 2.10. The number of nitrogens with zero attached hydrogens (tertiary/aromatic N) is 4. The molecule has 0 unspecified atom stereocenters. The van der Waals surface area contributed by atoms with E-state index in [9.17, 15) is 4.79 Å². The molecule has 25 heavy (non-hydrogen) atoms. The van der Waals surface area contributed by atoms with E-state index in [0.717, 1.165) is 18.8 Å². The minimum absolute atomic E-state index is 0.156. The van der Waals surface area contributed by atoms with Gasteiger partial charge in [-0.2, -0.15) is 0 Å². The molecule has 5 heteroatoms. The predicted octanol–water partition coefficient (Wildman–Crippen LogP) is 4.03. The van der Waals surface area contributed by atoms with Gasteiger partial charge in [-0.05, 0) is 42.4 Å². The fourth-order valence-electron chi connectivity index (χ4n) is 5.15. The monoisotopic (exact) mass is 346 g/mol. The van der Waals surface area contributed by atoms with Gasteiger partial charge in [0.25, 0.3) is 0 Å². The van der Waals surface area contributed by atoms with Gasteiger partial charge in [0.05, 0.1) is 11.7 Å².